The van der Waals surface area contributed by atoms with Crippen molar-refractivity contribution >= 4 is 0 Å². The van der Waals surface area contributed by atoms with Gasteiger partial charge in [0, 0.05) is 0 Å². The minimum atomic E-state index is 0.689. The van der Waals surface area contributed by atoms with Gasteiger partial charge in [0.15, 0.2) is 0 Å². The second-order valence-corrected chi connectivity index (χ2v) is 5.48. The lowest BCUT2D eigenvalue weighted by Gasteiger charge is -2.27. The second-order valence-electron chi connectivity index (χ2n) is 5.48. The molecule has 0 N–H and O–H groups in total. The third kappa shape index (κ3) is 1.30. The van der Waals surface area contributed by atoms with E-state index in [0.29, 0.717) is 5.41 Å². The molecule has 0 radical (unpaired) electrons. The smallest absolute Gasteiger partial charge is 0.0218 e. The van der Waals surface area contributed by atoms with E-state index >= 15 is 0 Å². The monoisotopic (exact) mass is 168 g/mol. The van der Waals surface area contributed by atoms with E-state index in [1.165, 1.54) is 6.42 Å². The van der Waals surface area contributed by atoms with Crippen LogP contribution in [0.5, 0.6) is 0 Å². The molecule has 0 saturated heterocycles. The quantitative estimate of drug-likeness (QED) is 0.598. The Morgan fingerprint density at radius 1 is 0.917 bits per heavy atom. The van der Waals surface area contributed by atoms with Crippen molar-refractivity contribution in [2.24, 2.45) is 29.1 Å². The van der Waals surface area contributed by atoms with E-state index in [0.717, 1.165) is 23.7 Å². The Balaban J connectivity index is 2.69. The molecule has 0 nitrogen and oxygen atoms in total. The van der Waals surface area contributed by atoms with E-state index in [1.807, 2.05) is 0 Å². The fourth-order valence-corrected chi connectivity index (χ4v) is 3.17. The first-order valence-corrected chi connectivity index (χ1v) is 5.43. The van der Waals surface area contributed by atoms with Crippen LogP contribution in [0.3, 0.4) is 0 Å². The Hall–Kier alpha value is 0. The Morgan fingerprint density at radius 3 is 1.42 bits per heavy atom. The van der Waals surface area contributed by atoms with Gasteiger partial charge in [0.1, 0.15) is 0 Å². The lowest BCUT2D eigenvalue weighted by atomic mass is 9.78. The summed E-state index contributed by atoms with van der Waals surface area (Å²) in [4.78, 5) is 0. The summed E-state index contributed by atoms with van der Waals surface area (Å²) < 4.78 is 0. The molecule has 0 bridgehead atoms. The lowest BCUT2D eigenvalue weighted by Crippen LogP contribution is -2.21. The van der Waals surface area contributed by atoms with Gasteiger partial charge in [-0.25, -0.2) is 0 Å². The predicted molar refractivity (Wildman–Crippen MR) is 55.1 cm³/mol. The maximum Gasteiger partial charge on any atom is -0.0218 e. The fourth-order valence-electron chi connectivity index (χ4n) is 3.17. The molecule has 0 aliphatic heterocycles. The van der Waals surface area contributed by atoms with Gasteiger partial charge in [-0.1, -0.05) is 41.5 Å². The molecule has 0 aromatic heterocycles. The topological polar surface area (TPSA) is 0 Å². The van der Waals surface area contributed by atoms with E-state index in [1.54, 1.807) is 0 Å². The molecule has 0 heterocycles. The molecule has 0 aromatic rings. The summed E-state index contributed by atoms with van der Waals surface area (Å²) in [7, 11) is 0. The molecule has 1 aliphatic carbocycles. The molecule has 12 heavy (non-hydrogen) atoms. The summed E-state index contributed by atoms with van der Waals surface area (Å²) in [6.45, 7) is 14.3. The van der Waals surface area contributed by atoms with Gasteiger partial charge in [-0.2, -0.15) is 0 Å². The third-order valence-electron chi connectivity index (χ3n) is 4.06. The van der Waals surface area contributed by atoms with Crippen molar-refractivity contribution in [2.75, 3.05) is 0 Å². The Morgan fingerprint density at radius 2 is 1.33 bits per heavy atom. The molecule has 1 fully saturated rings. The highest BCUT2D eigenvalue weighted by Crippen LogP contribution is 2.65. The molecule has 1 saturated carbocycles. The van der Waals surface area contributed by atoms with Crippen molar-refractivity contribution in [3.05, 3.63) is 0 Å². The summed E-state index contributed by atoms with van der Waals surface area (Å²) in [6.07, 6.45) is 1.47. The first kappa shape index (κ1) is 10.1. The largest absolute Gasteiger partial charge is 0.0625 e. The molecule has 0 aromatic carbocycles. The zero-order chi connectivity index (χ0) is 9.52. The van der Waals surface area contributed by atoms with Crippen LogP contribution in [-0.4, -0.2) is 0 Å². The van der Waals surface area contributed by atoms with E-state index in [2.05, 4.69) is 41.5 Å². The third-order valence-corrected chi connectivity index (χ3v) is 4.06. The Bertz CT molecular complexity index is 145. The van der Waals surface area contributed by atoms with Crippen molar-refractivity contribution < 1.29 is 0 Å². The van der Waals surface area contributed by atoms with E-state index in [9.17, 15) is 0 Å². The Kier molecular flexibility index (Phi) is 2.56. The van der Waals surface area contributed by atoms with E-state index in [-0.39, 0.29) is 0 Å². The average Bonchev–Trinajstić information content (AvgIpc) is 2.60. The first-order chi connectivity index (χ1) is 5.43. The molecule has 0 heteroatoms. The summed E-state index contributed by atoms with van der Waals surface area (Å²) in [5.41, 5.74) is 0.689. The van der Waals surface area contributed by atoms with Crippen LogP contribution < -0.4 is 0 Å². The summed E-state index contributed by atoms with van der Waals surface area (Å²) in [5.74, 6) is 3.61. The molecular formula is C12H24. The molecule has 1 aliphatic rings. The van der Waals surface area contributed by atoms with Crippen molar-refractivity contribution in [1.29, 1.82) is 0 Å². The lowest BCUT2D eigenvalue weighted by molar-refractivity contribution is 0.212. The van der Waals surface area contributed by atoms with Crippen molar-refractivity contribution in [1.82, 2.24) is 0 Å². The van der Waals surface area contributed by atoms with Crippen LogP contribution in [0.25, 0.3) is 0 Å². The molecular weight excluding hydrogens is 144 g/mol. The minimum Gasteiger partial charge on any atom is -0.0625 e. The van der Waals surface area contributed by atoms with Crippen molar-refractivity contribution in [2.45, 2.75) is 48.0 Å². The normalized spacial score (nSPS) is 27.2. The van der Waals surface area contributed by atoms with Crippen LogP contribution in [0.1, 0.15) is 48.0 Å². The first-order valence-electron chi connectivity index (χ1n) is 5.43. The number of hydrogen-bond donors (Lipinski definition) is 0. The van der Waals surface area contributed by atoms with Gasteiger partial charge in [-0.15, -0.1) is 0 Å². The van der Waals surface area contributed by atoms with Gasteiger partial charge in [0.2, 0.25) is 0 Å². The summed E-state index contributed by atoms with van der Waals surface area (Å²) >= 11 is 0. The van der Waals surface area contributed by atoms with Crippen LogP contribution in [-0.2, 0) is 0 Å². The minimum absolute atomic E-state index is 0.689. The van der Waals surface area contributed by atoms with Gasteiger partial charge < -0.3 is 0 Å². The van der Waals surface area contributed by atoms with Gasteiger partial charge in [0.25, 0.3) is 0 Å². The highest BCUT2D eigenvalue weighted by molar-refractivity contribution is 5.06. The molecule has 72 valence electrons. The standard InChI is InChI=1S/C12H24/c1-8(2)11-7-12(11,9(3)4)10(5)6/h8-11H,7H2,1-6H3. The molecule has 1 atom stereocenters. The highest BCUT2D eigenvalue weighted by atomic mass is 14.6. The zero-order valence-corrected chi connectivity index (χ0v) is 9.52. The second kappa shape index (κ2) is 3.05. The zero-order valence-electron chi connectivity index (χ0n) is 9.52. The summed E-state index contributed by atoms with van der Waals surface area (Å²) in [5, 5.41) is 0. The maximum absolute atomic E-state index is 2.39. The Labute approximate surface area is 77.7 Å². The van der Waals surface area contributed by atoms with Gasteiger partial charge in [-0.05, 0) is 35.5 Å². The number of rotatable bonds is 3. The average molecular weight is 168 g/mol. The van der Waals surface area contributed by atoms with Crippen molar-refractivity contribution in [3.63, 3.8) is 0 Å². The van der Waals surface area contributed by atoms with Crippen LogP contribution >= 0.6 is 0 Å². The fraction of sp³-hybridized carbons (Fsp3) is 1.00. The summed E-state index contributed by atoms with van der Waals surface area (Å²) in [6, 6.07) is 0. The van der Waals surface area contributed by atoms with Gasteiger partial charge in [0.05, 0.1) is 0 Å². The highest BCUT2D eigenvalue weighted by Gasteiger charge is 2.58. The van der Waals surface area contributed by atoms with Gasteiger partial charge in [-0.3, -0.25) is 0 Å². The molecule has 0 amide bonds. The van der Waals surface area contributed by atoms with Crippen molar-refractivity contribution in [3.8, 4) is 0 Å². The molecule has 1 rings (SSSR count). The van der Waals surface area contributed by atoms with E-state index in [4.69, 9.17) is 0 Å². The van der Waals surface area contributed by atoms with E-state index < -0.39 is 0 Å². The van der Waals surface area contributed by atoms with Crippen LogP contribution in [0.15, 0.2) is 0 Å². The van der Waals surface area contributed by atoms with Crippen LogP contribution in [0.4, 0.5) is 0 Å². The number of hydrogen-bond acceptors (Lipinski definition) is 0. The molecule has 1 unspecified atom stereocenters. The van der Waals surface area contributed by atoms with Gasteiger partial charge >= 0.3 is 0 Å². The van der Waals surface area contributed by atoms with Crippen LogP contribution in [0, 0.1) is 29.1 Å². The SMILES string of the molecule is CC(C)C1CC1(C(C)C)C(C)C. The maximum atomic E-state index is 2.39. The molecule has 0 spiro atoms. The predicted octanol–water partition coefficient (Wildman–Crippen LogP) is 3.96. The van der Waals surface area contributed by atoms with Crippen LogP contribution in [0.2, 0.25) is 0 Å².